The van der Waals surface area contributed by atoms with Crippen LogP contribution in [0.1, 0.15) is 21.5 Å². The summed E-state index contributed by atoms with van der Waals surface area (Å²) in [4.78, 5) is 25.8. The van der Waals surface area contributed by atoms with Crippen LogP contribution in [0.4, 0.5) is 0 Å². The molecule has 0 heterocycles. The lowest BCUT2D eigenvalue weighted by molar-refractivity contribution is -0.130. The molecule has 0 aliphatic rings. The number of nitrogens with zero attached hydrogens (tertiary/aromatic N) is 1. The van der Waals surface area contributed by atoms with Crippen molar-refractivity contribution in [3.05, 3.63) is 102 Å². The third-order valence-electron chi connectivity index (χ3n) is 4.55. The van der Waals surface area contributed by atoms with Gasteiger partial charge in [0.2, 0.25) is 0 Å². The molecule has 0 aromatic heterocycles. The van der Waals surface area contributed by atoms with Gasteiger partial charge in [0.25, 0.3) is 5.91 Å². The third kappa shape index (κ3) is 6.57. The van der Waals surface area contributed by atoms with E-state index in [4.69, 9.17) is 9.47 Å². The second kappa shape index (κ2) is 10.8. The largest absolute Gasteiger partial charge is 0.488 e. The van der Waals surface area contributed by atoms with Crippen molar-refractivity contribution in [1.29, 1.82) is 0 Å². The minimum absolute atomic E-state index is 0.0768. The fourth-order valence-corrected chi connectivity index (χ4v) is 2.76. The molecular weight excluding hydrogens is 390 g/mol. The Bertz CT molecular complexity index is 1060. The van der Waals surface area contributed by atoms with Crippen molar-refractivity contribution >= 4 is 17.8 Å². The Morgan fingerprint density at radius 2 is 1.61 bits per heavy atom. The van der Waals surface area contributed by atoms with Crippen LogP contribution in [0, 0.1) is 0 Å². The number of ether oxygens (including phenoxy) is 2. The summed E-state index contributed by atoms with van der Waals surface area (Å²) in [5.41, 5.74) is 2.37. The highest BCUT2D eigenvalue weighted by Gasteiger charge is 2.08. The van der Waals surface area contributed by atoms with Gasteiger partial charge in [-0.15, -0.1) is 0 Å². The summed E-state index contributed by atoms with van der Waals surface area (Å²) in [7, 11) is 3.33. The van der Waals surface area contributed by atoms with Crippen LogP contribution in [0.2, 0.25) is 0 Å². The minimum Gasteiger partial charge on any atom is -0.488 e. The summed E-state index contributed by atoms with van der Waals surface area (Å²) in [5, 5.41) is 0. The Morgan fingerprint density at radius 3 is 2.39 bits per heavy atom. The Labute approximate surface area is 182 Å². The van der Waals surface area contributed by atoms with Crippen LogP contribution < -0.4 is 9.47 Å². The van der Waals surface area contributed by atoms with Crippen molar-refractivity contribution in [3.8, 4) is 11.5 Å². The quantitative estimate of drug-likeness (QED) is 0.378. The van der Waals surface area contributed by atoms with E-state index in [1.54, 1.807) is 44.4 Å². The number of hydrogen-bond donors (Lipinski definition) is 0. The summed E-state index contributed by atoms with van der Waals surface area (Å²) in [5.74, 6) is 0.863. The van der Waals surface area contributed by atoms with Gasteiger partial charge >= 0.3 is 0 Å². The van der Waals surface area contributed by atoms with E-state index >= 15 is 0 Å². The molecular formula is C26H25NO4. The molecule has 3 aromatic rings. The van der Waals surface area contributed by atoms with Gasteiger partial charge < -0.3 is 14.4 Å². The number of likely N-dealkylation sites (N-methyl/N-ethyl adjacent to an activating group) is 1. The normalized spacial score (nSPS) is 10.6. The second-order valence-corrected chi connectivity index (χ2v) is 7.11. The Morgan fingerprint density at radius 1 is 0.871 bits per heavy atom. The van der Waals surface area contributed by atoms with Crippen LogP contribution in [0.3, 0.4) is 0 Å². The maximum Gasteiger partial charge on any atom is 0.259 e. The molecule has 0 saturated heterocycles. The van der Waals surface area contributed by atoms with Crippen molar-refractivity contribution in [2.75, 3.05) is 20.7 Å². The Balaban J connectivity index is 1.66. The molecule has 0 aliphatic carbocycles. The summed E-state index contributed by atoms with van der Waals surface area (Å²) in [6.07, 6.45) is 3.25. The maximum atomic E-state index is 12.6. The average Bonchev–Trinajstić information content (AvgIpc) is 2.81. The molecule has 158 valence electrons. The predicted molar refractivity (Wildman–Crippen MR) is 121 cm³/mol. The van der Waals surface area contributed by atoms with Crippen LogP contribution in [-0.4, -0.2) is 37.3 Å². The number of rotatable bonds is 9. The Kier molecular flexibility index (Phi) is 7.60. The molecule has 0 aliphatic heterocycles. The summed E-state index contributed by atoms with van der Waals surface area (Å²) in [6.45, 7) is 0.372. The zero-order chi connectivity index (χ0) is 22.1. The number of carbonyl (C=O) groups excluding carboxylic acids is 2. The van der Waals surface area contributed by atoms with Crippen molar-refractivity contribution in [1.82, 2.24) is 4.90 Å². The number of benzene rings is 3. The summed E-state index contributed by atoms with van der Waals surface area (Å²) in [6, 6.07) is 24.3. The Hall–Kier alpha value is -3.86. The number of para-hydroxylation sites is 1. The molecule has 0 atom stereocenters. The van der Waals surface area contributed by atoms with Gasteiger partial charge in [-0.2, -0.15) is 0 Å². The molecule has 5 heteroatoms. The van der Waals surface area contributed by atoms with Gasteiger partial charge in [-0.05, 0) is 35.9 Å². The van der Waals surface area contributed by atoms with Gasteiger partial charge in [0.05, 0.1) is 0 Å². The van der Waals surface area contributed by atoms with Crippen molar-refractivity contribution in [3.63, 3.8) is 0 Å². The topological polar surface area (TPSA) is 55.8 Å². The van der Waals surface area contributed by atoms with E-state index in [2.05, 4.69) is 0 Å². The number of ketones is 1. The lowest BCUT2D eigenvalue weighted by Crippen LogP contribution is -2.27. The smallest absolute Gasteiger partial charge is 0.259 e. The zero-order valence-electron chi connectivity index (χ0n) is 17.7. The highest BCUT2D eigenvalue weighted by molar-refractivity contribution is 6.07. The van der Waals surface area contributed by atoms with E-state index < -0.39 is 0 Å². The molecule has 0 fully saturated rings. The van der Waals surface area contributed by atoms with E-state index in [0.29, 0.717) is 23.7 Å². The van der Waals surface area contributed by atoms with Gasteiger partial charge in [-0.25, -0.2) is 0 Å². The zero-order valence-corrected chi connectivity index (χ0v) is 17.7. The molecule has 3 aromatic carbocycles. The standard InChI is InChI=1S/C26H25NO4/c1-27(2)26(29)19-30-23-13-8-12-22(17-23)24(28)16-15-21-11-6-7-14-25(21)31-18-20-9-4-3-5-10-20/h3-17H,18-19H2,1-2H3/b16-15+. The molecule has 0 bridgehead atoms. The maximum absolute atomic E-state index is 12.6. The number of hydrogen-bond acceptors (Lipinski definition) is 4. The second-order valence-electron chi connectivity index (χ2n) is 7.11. The monoisotopic (exact) mass is 415 g/mol. The first-order valence-electron chi connectivity index (χ1n) is 9.94. The van der Waals surface area contributed by atoms with Crippen LogP contribution in [0.25, 0.3) is 6.08 Å². The molecule has 0 radical (unpaired) electrons. The first-order valence-corrected chi connectivity index (χ1v) is 9.94. The van der Waals surface area contributed by atoms with Crippen molar-refractivity contribution < 1.29 is 19.1 Å². The molecule has 31 heavy (non-hydrogen) atoms. The van der Waals surface area contributed by atoms with Crippen LogP contribution in [0.15, 0.2) is 84.9 Å². The molecule has 0 saturated carbocycles. The highest BCUT2D eigenvalue weighted by Crippen LogP contribution is 2.22. The van der Waals surface area contributed by atoms with E-state index in [-0.39, 0.29) is 18.3 Å². The fraction of sp³-hybridized carbons (Fsp3) is 0.154. The first-order chi connectivity index (χ1) is 15.0. The van der Waals surface area contributed by atoms with Gasteiger partial charge in [0.1, 0.15) is 18.1 Å². The SMILES string of the molecule is CN(C)C(=O)COc1cccc(C(=O)/C=C/c2ccccc2OCc2ccccc2)c1. The van der Waals surface area contributed by atoms with Gasteiger partial charge in [-0.3, -0.25) is 9.59 Å². The molecule has 0 unspecified atom stereocenters. The lowest BCUT2D eigenvalue weighted by atomic mass is 10.1. The number of amides is 1. The molecule has 0 spiro atoms. The summed E-state index contributed by atoms with van der Waals surface area (Å²) >= 11 is 0. The highest BCUT2D eigenvalue weighted by atomic mass is 16.5. The molecule has 3 rings (SSSR count). The van der Waals surface area contributed by atoms with Crippen molar-refractivity contribution in [2.45, 2.75) is 6.61 Å². The molecule has 0 N–H and O–H groups in total. The number of allylic oxidation sites excluding steroid dienone is 1. The van der Waals surface area contributed by atoms with Crippen LogP contribution in [0.5, 0.6) is 11.5 Å². The fourth-order valence-electron chi connectivity index (χ4n) is 2.76. The minimum atomic E-state index is -0.165. The van der Waals surface area contributed by atoms with E-state index in [1.807, 2.05) is 54.6 Å². The third-order valence-corrected chi connectivity index (χ3v) is 4.55. The van der Waals surface area contributed by atoms with E-state index in [9.17, 15) is 9.59 Å². The first kappa shape index (κ1) is 21.8. The van der Waals surface area contributed by atoms with Gasteiger partial charge in [0, 0.05) is 25.2 Å². The van der Waals surface area contributed by atoms with Gasteiger partial charge in [-0.1, -0.05) is 60.7 Å². The molecule has 1 amide bonds. The number of carbonyl (C=O) groups is 2. The van der Waals surface area contributed by atoms with E-state index in [0.717, 1.165) is 11.1 Å². The molecule has 5 nitrogen and oxygen atoms in total. The lowest BCUT2D eigenvalue weighted by Gasteiger charge is -2.11. The van der Waals surface area contributed by atoms with Crippen LogP contribution in [-0.2, 0) is 11.4 Å². The summed E-state index contributed by atoms with van der Waals surface area (Å²) < 4.78 is 11.4. The van der Waals surface area contributed by atoms with E-state index in [1.165, 1.54) is 11.0 Å². The van der Waals surface area contributed by atoms with Crippen molar-refractivity contribution in [2.24, 2.45) is 0 Å². The average molecular weight is 415 g/mol. The van der Waals surface area contributed by atoms with Gasteiger partial charge in [0.15, 0.2) is 12.4 Å². The van der Waals surface area contributed by atoms with Crippen LogP contribution >= 0.6 is 0 Å². The predicted octanol–water partition coefficient (Wildman–Crippen LogP) is 4.63.